The Morgan fingerprint density at radius 3 is 2.73 bits per heavy atom. The lowest BCUT2D eigenvalue weighted by molar-refractivity contribution is -0.148. The van der Waals surface area contributed by atoms with Crippen LogP contribution in [0.5, 0.6) is 0 Å². The normalized spacial score (nSPS) is 29.9. The van der Waals surface area contributed by atoms with Crippen molar-refractivity contribution in [2.75, 3.05) is 6.54 Å². The minimum absolute atomic E-state index is 0.0362. The van der Waals surface area contributed by atoms with E-state index in [2.05, 4.69) is 0 Å². The molecular formula is C8H15NO2. The summed E-state index contributed by atoms with van der Waals surface area (Å²) in [5.41, 5.74) is 0. The number of likely N-dealkylation sites (tertiary alicyclic amines) is 1. The van der Waals surface area contributed by atoms with E-state index < -0.39 is 0 Å². The van der Waals surface area contributed by atoms with Gasteiger partial charge in [0.25, 0.3) is 0 Å². The summed E-state index contributed by atoms with van der Waals surface area (Å²) >= 11 is 0. The van der Waals surface area contributed by atoms with Gasteiger partial charge in [-0.25, -0.2) is 0 Å². The Kier molecular flexibility index (Phi) is 2.49. The fourth-order valence-corrected chi connectivity index (χ4v) is 1.28. The summed E-state index contributed by atoms with van der Waals surface area (Å²) in [4.78, 5) is 12.9. The number of aliphatic hydroxyl groups excluding tert-OH is 1. The summed E-state index contributed by atoms with van der Waals surface area (Å²) in [6, 6.07) is 0.0362. The van der Waals surface area contributed by atoms with Gasteiger partial charge in [-0.3, -0.25) is 4.79 Å². The van der Waals surface area contributed by atoms with Crippen molar-refractivity contribution in [3.8, 4) is 0 Å². The number of hydrogen-bond acceptors (Lipinski definition) is 2. The minimum Gasteiger partial charge on any atom is -0.389 e. The molecule has 1 aliphatic rings. The van der Waals surface area contributed by atoms with E-state index in [1.54, 1.807) is 4.90 Å². The predicted octanol–water partition coefficient (Wildman–Crippen LogP) is 0.378. The predicted molar refractivity (Wildman–Crippen MR) is 42.1 cm³/mol. The van der Waals surface area contributed by atoms with E-state index in [0.29, 0.717) is 13.0 Å². The van der Waals surface area contributed by atoms with Gasteiger partial charge in [-0.05, 0) is 13.3 Å². The second kappa shape index (κ2) is 3.22. The lowest BCUT2D eigenvalue weighted by atomic mass is 10.0. The number of amides is 1. The molecule has 0 bridgehead atoms. The van der Waals surface area contributed by atoms with E-state index in [4.69, 9.17) is 5.11 Å². The molecule has 11 heavy (non-hydrogen) atoms. The summed E-state index contributed by atoms with van der Waals surface area (Å²) < 4.78 is 0. The van der Waals surface area contributed by atoms with Crippen molar-refractivity contribution < 1.29 is 9.90 Å². The zero-order valence-electron chi connectivity index (χ0n) is 7.08. The topological polar surface area (TPSA) is 40.5 Å². The molecule has 2 atom stereocenters. The van der Waals surface area contributed by atoms with Gasteiger partial charge < -0.3 is 10.0 Å². The average Bonchev–Trinajstić information content (AvgIpc) is 1.99. The van der Waals surface area contributed by atoms with Crippen molar-refractivity contribution >= 4 is 5.91 Å². The van der Waals surface area contributed by atoms with Crippen molar-refractivity contribution in [1.82, 2.24) is 4.90 Å². The van der Waals surface area contributed by atoms with Crippen molar-refractivity contribution in [2.45, 2.75) is 38.8 Å². The molecule has 1 amide bonds. The zero-order valence-corrected chi connectivity index (χ0v) is 7.08. The van der Waals surface area contributed by atoms with Crippen LogP contribution in [0.1, 0.15) is 26.7 Å². The summed E-state index contributed by atoms with van der Waals surface area (Å²) in [5, 5.41) is 9.11. The van der Waals surface area contributed by atoms with Crippen LogP contribution in [-0.4, -0.2) is 34.6 Å². The second-order valence-electron chi connectivity index (χ2n) is 3.10. The third-order valence-corrected chi connectivity index (χ3v) is 2.22. The Bertz CT molecular complexity index is 158. The number of nitrogens with zero attached hydrogens (tertiary/aromatic N) is 1. The van der Waals surface area contributed by atoms with Crippen molar-refractivity contribution in [3.05, 3.63) is 0 Å². The number of carbonyl (C=O) groups is 1. The average molecular weight is 157 g/mol. The largest absolute Gasteiger partial charge is 0.389 e. The first-order valence-electron chi connectivity index (χ1n) is 4.14. The van der Waals surface area contributed by atoms with Crippen LogP contribution in [0, 0.1) is 0 Å². The molecule has 1 heterocycles. The summed E-state index contributed by atoms with van der Waals surface area (Å²) in [7, 11) is 0. The van der Waals surface area contributed by atoms with Gasteiger partial charge in [-0.1, -0.05) is 6.92 Å². The first-order chi connectivity index (χ1) is 5.16. The molecule has 64 valence electrons. The van der Waals surface area contributed by atoms with Crippen LogP contribution < -0.4 is 0 Å². The highest BCUT2D eigenvalue weighted by molar-refractivity contribution is 5.77. The van der Waals surface area contributed by atoms with Crippen LogP contribution in [0.3, 0.4) is 0 Å². The molecule has 3 heteroatoms. The molecule has 0 aromatic rings. The molecule has 3 nitrogen and oxygen atoms in total. The van der Waals surface area contributed by atoms with E-state index >= 15 is 0 Å². The third-order valence-electron chi connectivity index (χ3n) is 2.22. The molecular weight excluding hydrogens is 142 g/mol. The smallest absolute Gasteiger partial charge is 0.222 e. The summed E-state index contributed by atoms with van der Waals surface area (Å²) in [5.74, 6) is 0.172. The summed E-state index contributed by atoms with van der Waals surface area (Å²) in [6.07, 6.45) is 1.20. The van der Waals surface area contributed by atoms with Crippen molar-refractivity contribution in [3.63, 3.8) is 0 Å². The maximum absolute atomic E-state index is 11.2. The van der Waals surface area contributed by atoms with E-state index in [-0.39, 0.29) is 18.1 Å². The molecule has 1 aliphatic heterocycles. The molecule has 0 aliphatic carbocycles. The molecule has 0 aromatic carbocycles. The van der Waals surface area contributed by atoms with Gasteiger partial charge in [0.1, 0.15) is 0 Å². The molecule has 1 saturated heterocycles. The van der Waals surface area contributed by atoms with Crippen LogP contribution in [-0.2, 0) is 4.79 Å². The minimum atomic E-state index is -0.296. The first-order valence-corrected chi connectivity index (χ1v) is 4.14. The van der Waals surface area contributed by atoms with Crippen molar-refractivity contribution in [2.24, 2.45) is 0 Å². The Labute approximate surface area is 67.0 Å². The van der Waals surface area contributed by atoms with Gasteiger partial charge in [0.15, 0.2) is 0 Å². The number of carbonyl (C=O) groups excluding carboxylic acids is 1. The van der Waals surface area contributed by atoms with Gasteiger partial charge in [-0.15, -0.1) is 0 Å². The first kappa shape index (κ1) is 8.53. The molecule has 2 unspecified atom stereocenters. The van der Waals surface area contributed by atoms with Gasteiger partial charge in [0.2, 0.25) is 5.91 Å². The maximum atomic E-state index is 11.2. The third kappa shape index (κ3) is 1.53. The fraction of sp³-hybridized carbons (Fsp3) is 0.875. The Balaban J connectivity index is 2.33. The van der Waals surface area contributed by atoms with Gasteiger partial charge in [0, 0.05) is 13.0 Å². The van der Waals surface area contributed by atoms with Crippen LogP contribution >= 0.6 is 0 Å². The van der Waals surface area contributed by atoms with E-state index in [9.17, 15) is 4.79 Å². The quantitative estimate of drug-likeness (QED) is 0.629. The van der Waals surface area contributed by atoms with Gasteiger partial charge in [-0.2, -0.15) is 0 Å². The Morgan fingerprint density at radius 2 is 2.36 bits per heavy atom. The monoisotopic (exact) mass is 157 g/mol. The molecule has 1 rings (SSSR count). The number of hydrogen-bond donors (Lipinski definition) is 1. The lowest BCUT2D eigenvalue weighted by Gasteiger charge is -2.43. The van der Waals surface area contributed by atoms with Crippen molar-refractivity contribution in [1.29, 1.82) is 0 Å². The molecule has 1 fully saturated rings. The van der Waals surface area contributed by atoms with E-state index in [1.807, 2.05) is 13.8 Å². The maximum Gasteiger partial charge on any atom is 0.222 e. The Morgan fingerprint density at radius 1 is 1.73 bits per heavy atom. The van der Waals surface area contributed by atoms with Crippen LogP contribution in [0.15, 0.2) is 0 Å². The second-order valence-corrected chi connectivity index (χ2v) is 3.10. The lowest BCUT2D eigenvalue weighted by Crippen LogP contribution is -2.60. The molecule has 0 spiro atoms. The molecule has 0 aromatic heterocycles. The van der Waals surface area contributed by atoms with Crippen LogP contribution in [0.2, 0.25) is 0 Å². The fourth-order valence-electron chi connectivity index (χ4n) is 1.28. The van der Waals surface area contributed by atoms with Crippen LogP contribution in [0.4, 0.5) is 0 Å². The molecule has 0 saturated carbocycles. The van der Waals surface area contributed by atoms with E-state index in [0.717, 1.165) is 6.42 Å². The van der Waals surface area contributed by atoms with Gasteiger partial charge in [0.05, 0.1) is 12.1 Å². The summed E-state index contributed by atoms with van der Waals surface area (Å²) in [6.45, 7) is 4.39. The van der Waals surface area contributed by atoms with Crippen LogP contribution in [0.25, 0.3) is 0 Å². The highest BCUT2D eigenvalue weighted by Crippen LogP contribution is 2.18. The molecule has 1 N–H and O–H groups in total. The number of β-amino-alcohol motifs (C(OH)–C–C–N with tert-alkyl or cyclic N) is 1. The van der Waals surface area contributed by atoms with E-state index in [1.165, 1.54) is 0 Å². The number of rotatable bonds is 2. The van der Waals surface area contributed by atoms with Gasteiger partial charge >= 0.3 is 0 Å². The SMILES string of the molecule is CCCC(=O)N1CC(O)C1C. The Hall–Kier alpha value is -0.570. The number of aliphatic hydroxyl groups is 1. The highest BCUT2D eigenvalue weighted by atomic mass is 16.3. The molecule has 0 radical (unpaired) electrons. The zero-order chi connectivity index (χ0) is 8.43. The highest BCUT2D eigenvalue weighted by Gasteiger charge is 2.36. The standard InChI is InChI=1S/C8H15NO2/c1-3-4-8(11)9-5-7(10)6(9)2/h6-7,10H,3-5H2,1-2H3.